The summed E-state index contributed by atoms with van der Waals surface area (Å²) in [4.78, 5) is 28.0. The summed E-state index contributed by atoms with van der Waals surface area (Å²) in [6.45, 7) is 8.96. The highest BCUT2D eigenvalue weighted by molar-refractivity contribution is 7.59. The zero-order valence-corrected chi connectivity index (χ0v) is 40.8. The van der Waals surface area contributed by atoms with Crippen molar-refractivity contribution in [2.75, 3.05) is 85.6 Å². The lowest BCUT2D eigenvalue weighted by Gasteiger charge is -2.36. The highest BCUT2D eigenvalue weighted by Gasteiger charge is 2.41. The number of rotatable bonds is 14. The molecule has 0 aromatic heterocycles. The molecule has 0 saturated carbocycles. The van der Waals surface area contributed by atoms with E-state index in [1.807, 2.05) is 109 Å². The van der Waals surface area contributed by atoms with Crippen LogP contribution in [0.2, 0.25) is 0 Å². The van der Waals surface area contributed by atoms with Crippen LogP contribution in [0.5, 0.6) is 0 Å². The number of benzene rings is 6. The van der Waals surface area contributed by atoms with E-state index in [9.17, 15) is 9.59 Å². The first-order chi connectivity index (χ1) is 33.0. The van der Waals surface area contributed by atoms with Gasteiger partial charge in [0.1, 0.15) is 23.4 Å². The van der Waals surface area contributed by atoms with Crippen LogP contribution in [-0.4, -0.2) is 120 Å². The highest BCUT2D eigenvalue weighted by atomic mass is 32.1. The van der Waals surface area contributed by atoms with E-state index in [1.165, 1.54) is 0 Å². The zero-order valence-electron chi connectivity index (χ0n) is 38.8. The number of alkyl carbamates (subject to hydrolysis) is 1. The van der Waals surface area contributed by atoms with Crippen LogP contribution in [0.25, 0.3) is 0 Å². The van der Waals surface area contributed by atoms with Crippen molar-refractivity contribution in [1.82, 2.24) is 20.4 Å². The fraction of sp³-hybridized carbons (Fsp3) is 0.309. The summed E-state index contributed by atoms with van der Waals surface area (Å²) in [5.74, 6) is 0. The molecule has 4 aliphatic heterocycles. The van der Waals surface area contributed by atoms with Crippen LogP contribution < -0.4 is 10.6 Å². The van der Waals surface area contributed by atoms with Crippen LogP contribution in [0.3, 0.4) is 0 Å². The third kappa shape index (κ3) is 13.6. The van der Waals surface area contributed by atoms with Crippen LogP contribution in [-0.2, 0) is 39.6 Å². The second-order valence-electron chi connectivity index (χ2n) is 16.6. The van der Waals surface area contributed by atoms with Crippen molar-refractivity contribution in [3.63, 3.8) is 0 Å². The molecule has 4 aliphatic rings. The molecule has 10 rings (SSSR count). The van der Waals surface area contributed by atoms with E-state index in [-0.39, 0.29) is 58.5 Å². The van der Waals surface area contributed by atoms with E-state index < -0.39 is 17.3 Å². The standard InChI is InChI=1S/C28H30N2O4.C23H21NO3.C4H9NO.2H2S/c31-27-30(22-29-16-18-32-19-17-29)20-26(34-27)21-33-28(23-10-4-1-5-11-23,24-12-6-2-7-13-24)25-14-8-3-9-15-25;25-22-24-16-21(27-22)17-26-23(18-10-4-1-5-11-18,19-12-6-2-7-13-19)20-14-8-3-9-15-20;1-3-6-4-2-5-1;;/h1-15,26H,16-22H2;1-15,21H,16-17H2,(H,24,25);5H,1-4H2;2*1H2/t26-;21-;;;/m00.../s1. The average molecular weight is 973 g/mol. The molecule has 2 amide bonds. The van der Waals surface area contributed by atoms with Gasteiger partial charge in [0.15, 0.2) is 0 Å². The molecule has 4 heterocycles. The molecule has 69 heavy (non-hydrogen) atoms. The number of ether oxygens (including phenoxy) is 6. The Bertz CT molecular complexity index is 2180. The minimum atomic E-state index is -0.826. The van der Waals surface area contributed by atoms with Gasteiger partial charge in [0, 0.05) is 26.2 Å². The lowest BCUT2D eigenvalue weighted by Crippen LogP contribution is -2.44. The Morgan fingerprint density at radius 3 is 1.17 bits per heavy atom. The van der Waals surface area contributed by atoms with Crippen molar-refractivity contribution < 1.29 is 38.0 Å². The minimum Gasteiger partial charge on any atom is -0.442 e. The fourth-order valence-corrected chi connectivity index (χ4v) is 8.77. The largest absolute Gasteiger partial charge is 0.442 e. The van der Waals surface area contributed by atoms with Crippen molar-refractivity contribution in [3.8, 4) is 0 Å². The normalized spacial score (nSPS) is 18.1. The van der Waals surface area contributed by atoms with Crippen LogP contribution >= 0.6 is 27.0 Å². The van der Waals surface area contributed by atoms with Gasteiger partial charge in [-0.05, 0) is 33.4 Å². The lowest BCUT2D eigenvalue weighted by molar-refractivity contribution is -0.0300. The second-order valence-corrected chi connectivity index (χ2v) is 16.6. The number of hydrogen-bond donors (Lipinski definition) is 2. The van der Waals surface area contributed by atoms with Gasteiger partial charge >= 0.3 is 12.2 Å². The molecule has 0 radical (unpaired) electrons. The van der Waals surface area contributed by atoms with E-state index in [4.69, 9.17) is 28.4 Å². The van der Waals surface area contributed by atoms with Crippen LogP contribution in [0.4, 0.5) is 9.59 Å². The van der Waals surface area contributed by atoms with Crippen molar-refractivity contribution >= 4 is 39.2 Å². The summed E-state index contributed by atoms with van der Waals surface area (Å²) >= 11 is 0. The quantitative estimate of drug-likeness (QED) is 0.104. The molecule has 0 unspecified atom stereocenters. The van der Waals surface area contributed by atoms with Crippen molar-refractivity contribution in [3.05, 3.63) is 215 Å². The molecule has 6 aromatic rings. The number of morpholine rings is 2. The molecule has 364 valence electrons. The topological polar surface area (TPSA) is 120 Å². The van der Waals surface area contributed by atoms with Crippen molar-refractivity contribution in [2.24, 2.45) is 0 Å². The summed E-state index contributed by atoms with van der Waals surface area (Å²) in [7, 11) is 0. The maximum atomic E-state index is 12.6. The van der Waals surface area contributed by atoms with Gasteiger partial charge in [-0.2, -0.15) is 27.0 Å². The Balaban J connectivity index is 0.000000200. The SMILES string of the molecule is C1COCCN1.O=C1NC[C@@H](COC(c2ccccc2)(c2ccccc2)c2ccccc2)O1.O=C1O[C@H](COC(c2ccccc2)(c2ccccc2)c2ccccc2)CN1CN1CCOCC1.S.S. The van der Waals surface area contributed by atoms with Crippen molar-refractivity contribution in [2.45, 2.75) is 23.4 Å². The van der Waals surface area contributed by atoms with E-state index in [0.717, 1.165) is 72.8 Å². The van der Waals surface area contributed by atoms with E-state index in [0.29, 0.717) is 33.0 Å². The third-order valence-electron chi connectivity index (χ3n) is 12.1. The monoisotopic (exact) mass is 972 g/mol. The predicted molar refractivity (Wildman–Crippen MR) is 277 cm³/mol. The van der Waals surface area contributed by atoms with Gasteiger partial charge < -0.3 is 39.1 Å². The molecule has 0 bridgehead atoms. The molecule has 0 aliphatic carbocycles. The van der Waals surface area contributed by atoms with E-state index >= 15 is 0 Å². The molecule has 4 fully saturated rings. The number of carbonyl (C=O) groups is 2. The Labute approximate surface area is 420 Å². The summed E-state index contributed by atoms with van der Waals surface area (Å²) < 4.78 is 34.9. The molecule has 12 nitrogen and oxygen atoms in total. The molecule has 0 spiro atoms. The first kappa shape index (κ1) is 52.7. The summed E-state index contributed by atoms with van der Waals surface area (Å²) in [6, 6.07) is 61.2. The van der Waals surface area contributed by atoms with Gasteiger partial charge in [0.05, 0.1) is 59.4 Å². The highest BCUT2D eigenvalue weighted by Crippen LogP contribution is 2.42. The molecule has 6 aromatic carbocycles. The Hall–Kier alpha value is -5.68. The first-order valence-electron chi connectivity index (χ1n) is 23.1. The molecule has 14 heteroatoms. The second kappa shape index (κ2) is 26.9. The lowest BCUT2D eigenvalue weighted by atomic mass is 9.80. The molecule has 2 N–H and O–H groups in total. The molecule has 2 atom stereocenters. The van der Waals surface area contributed by atoms with E-state index in [2.05, 4.69) is 88.3 Å². The molecule has 4 saturated heterocycles. The van der Waals surface area contributed by atoms with Crippen LogP contribution in [0, 0.1) is 0 Å². The van der Waals surface area contributed by atoms with Crippen LogP contribution in [0.1, 0.15) is 33.4 Å². The van der Waals surface area contributed by atoms with Gasteiger partial charge in [-0.15, -0.1) is 0 Å². The first-order valence-corrected chi connectivity index (χ1v) is 23.1. The maximum absolute atomic E-state index is 12.6. The van der Waals surface area contributed by atoms with Gasteiger partial charge in [-0.25, -0.2) is 9.59 Å². The van der Waals surface area contributed by atoms with Crippen LogP contribution in [0.15, 0.2) is 182 Å². The minimum absolute atomic E-state index is 0. The fourth-order valence-electron chi connectivity index (χ4n) is 8.77. The van der Waals surface area contributed by atoms with Gasteiger partial charge in [0.25, 0.3) is 0 Å². The summed E-state index contributed by atoms with van der Waals surface area (Å²) in [5.41, 5.74) is 4.55. The smallest absolute Gasteiger partial charge is 0.411 e. The zero-order chi connectivity index (χ0) is 46.0. The predicted octanol–water partition coefficient (Wildman–Crippen LogP) is 8.04. The van der Waals surface area contributed by atoms with Gasteiger partial charge in [-0.1, -0.05) is 182 Å². The Morgan fingerprint density at radius 1 is 0.493 bits per heavy atom. The number of amides is 2. The Kier molecular flexibility index (Phi) is 20.5. The third-order valence-corrected chi connectivity index (χ3v) is 12.1. The Morgan fingerprint density at radius 2 is 0.855 bits per heavy atom. The number of nitrogens with one attached hydrogen (secondary N) is 2. The maximum Gasteiger partial charge on any atom is 0.411 e. The van der Waals surface area contributed by atoms with Gasteiger partial charge in [-0.3, -0.25) is 9.80 Å². The van der Waals surface area contributed by atoms with Crippen molar-refractivity contribution in [1.29, 1.82) is 0 Å². The number of carbonyl (C=O) groups excluding carboxylic acids is 2. The van der Waals surface area contributed by atoms with Gasteiger partial charge in [0.2, 0.25) is 0 Å². The number of hydrogen-bond acceptors (Lipinski definition) is 10. The molecular formula is C55H64N4O8S2. The average Bonchev–Trinajstić information content (AvgIpc) is 4.00. The molecular weight excluding hydrogens is 909 g/mol. The van der Waals surface area contributed by atoms with E-state index in [1.54, 1.807) is 4.90 Å². The summed E-state index contributed by atoms with van der Waals surface area (Å²) in [6.07, 6.45) is -1.34. The number of nitrogens with zero attached hydrogens (tertiary/aromatic N) is 2. The summed E-state index contributed by atoms with van der Waals surface area (Å²) in [5, 5.41) is 5.84. The number of cyclic esters (lactones) is 2.